The maximum Gasteiger partial charge on any atom is 0.339 e. The van der Waals surface area contributed by atoms with E-state index in [1.54, 1.807) is 28.8 Å². The molecule has 0 atom stereocenters. The summed E-state index contributed by atoms with van der Waals surface area (Å²) in [6.45, 7) is 4.71. The third kappa shape index (κ3) is 5.59. The molecule has 0 saturated carbocycles. The number of amides is 1. The topological polar surface area (TPSA) is 97.6 Å². The number of carbonyl (C=O) groups is 2. The summed E-state index contributed by atoms with van der Waals surface area (Å²) in [5, 5.41) is 13.9. The van der Waals surface area contributed by atoms with Crippen molar-refractivity contribution >= 4 is 40.1 Å². The zero-order valence-electron chi connectivity index (χ0n) is 19.4. The van der Waals surface area contributed by atoms with Crippen molar-refractivity contribution < 1.29 is 19.4 Å². The minimum Gasteiger partial charge on any atom is -0.506 e. The van der Waals surface area contributed by atoms with Gasteiger partial charge in [-0.1, -0.05) is 56.8 Å². The minimum atomic E-state index is -0.757. The lowest BCUT2D eigenvalue weighted by Crippen LogP contribution is -2.30. The molecule has 34 heavy (non-hydrogen) atoms. The third-order valence-electron chi connectivity index (χ3n) is 5.49. The number of unbranched alkanes of at least 4 members (excludes halogenated alkanes) is 3. The Balaban J connectivity index is 1.92. The molecule has 0 aliphatic carbocycles. The number of ether oxygens (including phenoxy) is 1. The molecular formula is C26H29ClN2O5. The number of esters is 1. The van der Waals surface area contributed by atoms with Crippen molar-refractivity contribution in [3.63, 3.8) is 0 Å². The zero-order chi connectivity index (χ0) is 24.7. The van der Waals surface area contributed by atoms with Crippen molar-refractivity contribution in [2.24, 2.45) is 0 Å². The highest BCUT2D eigenvalue weighted by molar-refractivity contribution is 6.34. The summed E-state index contributed by atoms with van der Waals surface area (Å²) in [5.74, 6) is -1.68. The Labute approximate surface area is 203 Å². The van der Waals surface area contributed by atoms with Gasteiger partial charge >= 0.3 is 5.97 Å². The summed E-state index contributed by atoms with van der Waals surface area (Å²) in [6.07, 6.45) is 4.56. The second-order valence-electron chi connectivity index (χ2n) is 8.04. The predicted molar refractivity (Wildman–Crippen MR) is 134 cm³/mol. The summed E-state index contributed by atoms with van der Waals surface area (Å²) >= 11 is 6.21. The van der Waals surface area contributed by atoms with Gasteiger partial charge in [-0.05, 0) is 43.2 Å². The minimum absolute atomic E-state index is 0.106. The van der Waals surface area contributed by atoms with Crippen LogP contribution in [0.25, 0.3) is 10.9 Å². The van der Waals surface area contributed by atoms with Crippen LogP contribution in [-0.2, 0) is 11.3 Å². The molecule has 7 nitrogen and oxygen atoms in total. The van der Waals surface area contributed by atoms with Crippen LogP contribution in [0.1, 0.15) is 66.7 Å². The fraction of sp³-hybridized carbons (Fsp3) is 0.346. The van der Waals surface area contributed by atoms with Gasteiger partial charge in [-0.2, -0.15) is 0 Å². The normalized spacial score (nSPS) is 10.9. The van der Waals surface area contributed by atoms with Crippen LogP contribution in [0.2, 0.25) is 5.02 Å². The number of carbonyl (C=O) groups excluding carboxylic acids is 2. The zero-order valence-corrected chi connectivity index (χ0v) is 20.2. The first kappa shape index (κ1) is 25.3. The molecule has 1 heterocycles. The van der Waals surface area contributed by atoms with Gasteiger partial charge in [0.2, 0.25) is 0 Å². The molecule has 0 aliphatic rings. The molecule has 8 heteroatoms. The van der Waals surface area contributed by atoms with Crippen LogP contribution >= 0.6 is 11.6 Å². The first-order valence-electron chi connectivity index (χ1n) is 11.5. The average Bonchev–Trinajstić information content (AvgIpc) is 2.82. The second kappa shape index (κ2) is 11.7. The van der Waals surface area contributed by atoms with E-state index in [1.165, 1.54) is 18.2 Å². The van der Waals surface area contributed by atoms with E-state index >= 15 is 0 Å². The Morgan fingerprint density at radius 1 is 1.06 bits per heavy atom. The number of benzene rings is 2. The molecular weight excluding hydrogens is 456 g/mol. The van der Waals surface area contributed by atoms with Gasteiger partial charge in [0.25, 0.3) is 11.5 Å². The predicted octanol–water partition coefficient (Wildman–Crippen LogP) is 5.76. The number of nitrogens with one attached hydrogen (secondary N) is 1. The first-order chi connectivity index (χ1) is 16.4. The van der Waals surface area contributed by atoms with Crippen molar-refractivity contribution in [3.05, 3.63) is 69.0 Å². The number of aromatic hydroxyl groups is 1. The number of halogens is 1. The van der Waals surface area contributed by atoms with Crippen LogP contribution in [-0.4, -0.2) is 28.2 Å². The molecule has 0 fully saturated rings. The Bertz CT molecular complexity index is 1250. The summed E-state index contributed by atoms with van der Waals surface area (Å²) < 4.78 is 6.63. The monoisotopic (exact) mass is 484 g/mol. The van der Waals surface area contributed by atoms with E-state index in [-0.39, 0.29) is 34.2 Å². The van der Waals surface area contributed by atoms with Gasteiger partial charge in [0.05, 0.1) is 22.7 Å². The third-order valence-corrected chi connectivity index (χ3v) is 5.80. The SMILES string of the molecule is CCCCCCn1c(=O)c(C(=O)Nc2ccc(C(=O)OCCC)c(Cl)c2)c(O)c2ccccc21. The Kier molecular flexibility index (Phi) is 8.71. The number of aromatic nitrogens is 1. The van der Waals surface area contributed by atoms with Crippen molar-refractivity contribution in [2.75, 3.05) is 11.9 Å². The number of hydrogen-bond acceptors (Lipinski definition) is 5. The fourth-order valence-electron chi connectivity index (χ4n) is 3.74. The molecule has 0 spiro atoms. The largest absolute Gasteiger partial charge is 0.506 e. The maximum absolute atomic E-state index is 13.3. The number of aryl methyl sites for hydroxylation is 1. The van der Waals surface area contributed by atoms with Crippen LogP contribution < -0.4 is 10.9 Å². The molecule has 3 aromatic rings. The van der Waals surface area contributed by atoms with Gasteiger partial charge < -0.3 is 19.7 Å². The van der Waals surface area contributed by atoms with E-state index in [0.717, 1.165) is 25.7 Å². The highest BCUT2D eigenvalue weighted by Gasteiger charge is 2.23. The van der Waals surface area contributed by atoms with Crippen LogP contribution in [0.4, 0.5) is 5.69 Å². The average molecular weight is 485 g/mol. The number of nitrogens with zero attached hydrogens (tertiary/aromatic N) is 1. The van der Waals surface area contributed by atoms with Crippen LogP contribution in [0.15, 0.2) is 47.3 Å². The van der Waals surface area contributed by atoms with E-state index in [0.29, 0.717) is 23.9 Å². The van der Waals surface area contributed by atoms with Crippen LogP contribution in [0.3, 0.4) is 0 Å². The van der Waals surface area contributed by atoms with Gasteiger partial charge in [-0.3, -0.25) is 9.59 Å². The number of fused-ring (bicyclic) bond motifs is 1. The summed E-state index contributed by atoms with van der Waals surface area (Å²) in [4.78, 5) is 38.4. The molecule has 0 unspecified atom stereocenters. The first-order valence-corrected chi connectivity index (χ1v) is 11.9. The lowest BCUT2D eigenvalue weighted by atomic mass is 10.1. The van der Waals surface area contributed by atoms with Gasteiger partial charge in [0.15, 0.2) is 0 Å². The molecule has 0 saturated heterocycles. The molecule has 0 aliphatic heterocycles. The molecule has 3 rings (SSSR count). The number of rotatable bonds is 10. The van der Waals surface area contributed by atoms with Gasteiger partial charge in [0.1, 0.15) is 11.3 Å². The summed E-state index contributed by atoms with van der Waals surface area (Å²) in [5.41, 5.74) is 0.142. The number of hydrogen-bond donors (Lipinski definition) is 2. The van der Waals surface area contributed by atoms with Gasteiger partial charge in [-0.15, -0.1) is 0 Å². The van der Waals surface area contributed by atoms with E-state index in [1.807, 2.05) is 6.92 Å². The van der Waals surface area contributed by atoms with E-state index < -0.39 is 17.4 Å². The molecule has 2 aromatic carbocycles. The summed E-state index contributed by atoms with van der Waals surface area (Å²) in [7, 11) is 0. The van der Waals surface area contributed by atoms with E-state index in [4.69, 9.17) is 16.3 Å². The van der Waals surface area contributed by atoms with Crippen LogP contribution in [0.5, 0.6) is 5.75 Å². The summed E-state index contributed by atoms with van der Waals surface area (Å²) in [6, 6.07) is 11.3. The second-order valence-corrected chi connectivity index (χ2v) is 8.45. The molecule has 1 aromatic heterocycles. The smallest absolute Gasteiger partial charge is 0.339 e. The van der Waals surface area contributed by atoms with Crippen LogP contribution in [0, 0.1) is 0 Å². The standard InChI is InChI=1S/C26H29ClN2O5/c1-3-5-6-9-14-29-21-11-8-7-10-19(21)23(30)22(25(29)32)24(31)28-17-12-13-18(20(27)16-17)26(33)34-15-4-2/h7-8,10-13,16,30H,3-6,9,14-15H2,1-2H3,(H,28,31). The number of para-hydroxylation sites is 1. The Hall–Kier alpha value is -3.32. The number of anilines is 1. The van der Waals surface area contributed by atoms with Crippen molar-refractivity contribution in [1.82, 2.24) is 4.57 Å². The Morgan fingerprint density at radius 3 is 2.53 bits per heavy atom. The quantitative estimate of drug-likeness (QED) is 0.281. The van der Waals surface area contributed by atoms with Gasteiger partial charge in [-0.25, -0.2) is 4.79 Å². The molecule has 2 N–H and O–H groups in total. The van der Waals surface area contributed by atoms with Crippen molar-refractivity contribution in [2.45, 2.75) is 52.5 Å². The molecule has 0 bridgehead atoms. The lowest BCUT2D eigenvalue weighted by molar-refractivity contribution is 0.0505. The van der Waals surface area contributed by atoms with Crippen molar-refractivity contribution in [1.29, 1.82) is 0 Å². The highest BCUT2D eigenvalue weighted by Crippen LogP contribution is 2.28. The van der Waals surface area contributed by atoms with E-state index in [9.17, 15) is 19.5 Å². The molecule has 180 valence electrons. The van der Waals surface area contributed by atoms with Crippen molar-refractivity contribution in [3.8, 4) is 5.75 Å². The number of pyridine rings is 1. The Morgan fingerprint density at radius 2 is 1.82 bits per heavy atom. The lowest BCUT2D eigenvalue weighted by Gasteiger charge is -2.15. The molecule has 0 radical (unpaired) electrons. The maximum atomic E-state index is 13.3. The van der Waals surface area contributed by atoms with E-state index in [2.05, 4.69) is 12.2 Å². The van der Waals surface area contributed by atoms with Gasteiger partial charge in [0, 0.05) is 17.6 Å². The molecule has 1 amide bonds. The highest BCUT2D eigenvalue weighted by atomic mass is 35.5. The fourth-order valence-corrected chi connectivity index (χ4v) is 4.00.